The van der Waals surface area contributed by atoms with Gasteiger partial charge in [-0.1, -0.05) is 0 Å². The van der Waals surface area contributed by atoms with Crippen LogP contribution in [0.1, 0.15) is 20.8 Å². The van der Waals surface area contributed by atoms with Crippen molar-refractivity contribution in [3.63, 3.8) is 0 Å². The number of phenols is 1. The second-order valence-electron chi connectivity index (χ2n) is 4.88. The first-order valence-electron chi connectivity index (χ1n) is 6.37. The number of carboxylic acid groups (broad SMARTS) is 1. The van der Waals surface area contributed by atoms with Crippen LogP contribution < -0.4 is 0 Å². The van der Waals surface area contributed by atoms with Gasteiger partial charge in [-0.2, -0.15) is 0 Å². The van der Waals surface area contributed by atoms with Crippen LogP contribution in [0.4, 0.5) is 0 Å². The molecule has 0 aliphatic carbocycles. The van der Waals surface area contributed by atoms with E-state index in [0.717, 1.165) is 30.5 Å². The maximum Gasteiger partial charge on any atom is 0.353 e. The highest BCUT2D eigenvalue weighted by Crippen LogP contribution is 2.24. The van der Waals surface area contributed by atoms with Crippen LogP contribution in [-0.2, 0) is 10.0 Å². The molecule has 1 aromatic heterocycles. The fourth-order valence-electron chi connectivity index (χ4n) is 1.94. The smallest absolute Gasteiger partial charge is 0.353 e. The third-order valence-electron chi connectivity index (χ3n) is 3.09. The summed E-state index contributed by atoms with van der Waals surface area (Å²) in [6, 6.07) is 5.62. The number of hydrogen-bond acceptors (Lipinski definition) is 5. The van der Waals surface area contributed by atoms with Crippen LogP contribution in [-0.4, -0.2) is 53.5 Å². The Bertz CT molecular complexity index is 882. The van der Waals surface area contributed by atoms with Gasteiger partial charge in [0.25, 0.3) is 15.9 Å². The van der Waals surface area contributed by atoms with Crippen LogP contribution in [0.5, 0.6) is 5.75 Å². The minimum absolute atomic E-state index is 0.194. The lowest BCUT2D eigenvalue weighted by Gasteiger charge is -2.13. The van der Waals surface area contributed by atoms with Crippen molar-refractivity contribution in [2.24, 2.45) is 0 Å². The van der Waals surface area contributed by atoms with Crippen LogP contribution in [0, 0.1) is 0 Å². The summed E-state index contributed by atoms with van der Waals surface area (Å²) in [5, 5.41) is 18.8. The Labute approximate surface area is 132 Å². The molecule has 1 aromatic carbocycles. The predicted octanol–water partition coefficient (Wildman–Crippen LogP) is 0.831. The third-order valence-corrected chi connectivity index (χ3v) is 4.78. The first-order chi connectivity index (χ1) is 10.7. The molecule has 2 N–H and O–H groups in total. The monoisotopic (exact) mass is 338 g/mol. The molecule has 2 rings (SSSR count). The number of aromatic nitrogens is 1. The van der Waals surface area contributed by atoms with Crippen molar-refractivity contribution < 1.29 is 28.2 Å². The van der Waals surface area contributed by atoms with Gasteiger partial charge in [-0.25, -0.2) is 17.2 Å². The topological polar surface area (TPSA) is 117 Å². The number of amides is 1. The zero-order valence-corrected chi connectivity index (χ0v) is 13.1. The first-order valence-corrected chi connectivity index (χ1v) is 7.81. The summed E-state index contributed by atoms with van der Waals surface area (Å²) in [5.74, 6) is -2.35. The molecule has 0 spiro atoms. The zero-order chi connectivity index (χ0) is 17.4. The van der Waals surface area contributed by atoms with Gasteiger partial charge < -0.3 is 15.1 Å². The van der Waals surface area contributed by atoms with E-state index >= 15 is 0 Å². The van der Waals surface area contributed by atoms with Crippen LogP contribution in [0.3, 0.4) is 0 Å². The van der Waals surface area contributed by atoms with E-state index in [-0.39, 0.29) is 16.2 Å². The lowest BCUT2D eigenvalue weighted by Crippen LogP contribution is -2.23. The number of aromatic carboxylic acids is 1. The first kappa shape index (κ1) is 16.6. The summed E-state index contributed by atoms with van der Waals surface area (Å²) in [7, 11) is -1.30. The minimum Gasteiger partial charge on any atom is -0.507 e. The maximum atomic E-state index is 12.6. The van der Waals surface area contributed by atoms with E-state index in [0.29, 0.717) is 3.97 Å². The number of phenolic OH excluding ortho intramolecular Hbond substituents is 1. The highest BCUT2D eigenvalue weighted by atomic mass is 32.2. The molecule has 23 heavy (non-hydrogen) atoms. The second-order valence-corrected chi connectivity index (χ2v) is 6.69. The third kappa shape index (κ3) is 2.90. The van der Waals surface area contributed by atoms with E-state index in [1.807, 2.05) is 0 Å². The standard InChI is InChI=1S/C14H14N2O6S/c1-15(2)13(18)10-8-9(5-6-12(10)17)23(21,22)16-7-3-4-11(16)14(19)20/h3-8,17H,1-2H3,(H,19,20). The van der Waals surface area contributed by atoms with Gasteiger partial charge in [0.05, 0.1) is 10.5 Å². The molecule has 0 aliphatic rings. The Hall–Kier alpha value is -2.81. The Balaban J connectivity index is 2.62. The molecule has 0 saturated heterocycles. The molecule has 9 heteroatoms. The number of aromatic hydroxyl groups is 1. The fourth-order valence-corrected chi connectivity index (χ4v) is 3.30. The number of carboxylic acids is 1. The molecule has 0 aliphatic heterocycles. The summed E-state index contributed by atoms with van der Waals surface area (Å²) in [4.78, 5) is 23.9. The molecule has 2 aromatic rings. The Kier molecular flexibility index (Phi) is 4.15. The summed E-state index contributed by atoms with van der Waals surface area (Å²) < 4.78 is 25.7. The molecular weight excluding hydrogens is 324 g/mol. The normalized spacial score (nSPS) is 11.2. The van der Waals surface area contributed by atoms with E-state index in [2.05, 4.69) is 0 Å². The highest BCUT2D eigenvalue weighted by Gasteiger charge is 2.25. The average molecular weight is 338 g/mol. The Morgan fingerprint density at radius 3 is 2.39 bits per heavy atom. The quantitative estimate of drug-likeness (QED) is 0.853. The number of hydrogen-bond donors (Lipinski definition) is 2. The minimum atomic E-state index is -4.22. The summed E-state index contributed by atoms with van der Waals surface area (Å²) in [6.45, 7) is 0. The fraction of sp³-hybridized carbons (Fsp3) is 0.143. The molecule has 1 amide bonds. The lowest BCUT2D eigenvalue weighted by atomic mass is 10.2. The van der Waals surface area contributed by atoms with E-state index in [9.17, 15) is 23.1 Å². The number of nitrogens with zero attached hydrogens (tertiary/aromatic N) is 2. The molecule has 122 valence electrons. The molecule has 0 radical (unpaired) electrons. The van der Waals surface area contributed by atoms with E-state index in [4.69, 9.17) is 5.11 Å². The van der Waals surface area contributed by atoms with Gasteiger partial charge in [-0.05, 0) is 30.3 Å². The highest BCUT2D eigenvalue weighted by molar-refractivity contribution is 7.90. The molecule has 8 nitrogen and oxygen atoms in total. The van der Waals surface area contributed by atoms with Crippen molar-refractivity contribution >= 4 is 21.9 Å². The summed E-state index contributed by atoms with van der Waals surface area (Å²) >= 11 is 0. The number of carbonyl (C=O) groups is 2. The summed E-state index contributed by atoms with van der Waals surface area (Å²) in [6.07, 6.45) is 1.10. The SMILES string of the molecule is CN(C)C(=O)c1cc(S(=O)(=O)n2cccc2C(=O)O)ccc1O. The van der Waals surface area contributed by atoms with Gasteiger partial charge in [-0.15, -0.1) is 0 Å². The van der Waals surface area contributed by atoms with Crippen LogP contribution in [0.25, 0.3) is 0 Å². The van der Waals surface area contributed by atoms with Gasteiger partial charge in [-0.3, -0.25) is 4.79 Å². The maximum absolute atomic E-state index is 12.6. The van der Waals surface area contributed by atoms with Crippen molar-refractivity contribution in [2.45, 2.75) is 4.90 Å². The van der Waals surface area contributed by atoms with Gasteiger partial charge in [0, 0.05) is 20.3 Å². The predicted molar refractivity (Wildman–Crippen MR) is 80.1 cm³/mol. The van der Waals surface area contributed by atoms with Gasteiger partial charge in [0.15, 0.2) is 0 Å². The largest absolute Gasteiger partial charge is 0.507 e. The van der Waals surface area contributed by atoms with E-state index in [1.54, 1.807) is 0 Å². The van der Waals surface area contributed by atoms with Crippen LogP contribution >= 0.6 is 0 Å². The Morgan fingerprint density at radius 2 is 1.83 bits per heavy atom. The second kappa shape index (κ2) is 5.76. The molecular formula is C14H14N2O6S. The van der Waals surface area contributed by atoms with Gasteiger partial charge in [0.2, 0.25) is 0 Å². The number of benzene rings is 1. The molecule has 0 saturated carbocycles. The number of carbonyl (C=O) groups excluding carboxylic acids is 1. The van der Waals surface area contributed by atoms with Crippen LogP contribution in [0.2, 0.25) is 0 Å². The van der Waals surface area contributed by atoms with E-state index in [1.165, 1.54) is 25.1 Å². The average Bonchev–Trinajstić information content (AvgIpc) is 2.97. The van der Waals surface area contributed by atoms with Crippen molar-refractivity contribution in [1.29, 1.82) is 0 Å². The number of rotatable bonds is 4. The van der Waals surface area contributed by atoms with E-state index < -0.39 is 27.6 Å². The van der Waals surface area contributed by atoms with Crippen molar-refractivity contribution in [3.8, 4) is 5.75 Å². The van der Waals surface area contributed by atoms with Crippen molar-refractivity contribution in [1.82, 2.24) is 8.87 Å². The van der Waals surface area contributed by atoms with Gasteiger partial charge in [0.1, 0.15) is 11.4 Å². The van der Waals surface area contributed by atoms with Crippen molar-refractivity contribution in [2.75, 3.05) is 14.1 Å². The molecule has 0 unspecified atom stereocenters. The molecule has 0 bridgehead atoms. The Morgan fingerprint density at radius 1 is 1.17 bits per heavy atom. The molecule has 1 heterocycles. The summed E-state index contributed by atoms with van der Waals surface area (Å²) in [5.41, 5.74) is -0.626. The zero-order valence-electron chi connectivity index (χ0n) is 12.3. The van der Waals surface area contributed by atoms with Gasteiger partial charge >= 0.3 is 5.97 Å². The molecule has 0 fully saturated rings. The van der Waals surface area contributed by atoms with Crippen LogP contribution in [0.15, 0.2) is 41.4 Å². The molecule has 0 atom stereocenters. The van der Waals surface area contributed by atoms with Crippen molar-refractivity contribution in [3.05, 3.63) is 47.8 Å². The lowest BCUT2D eigenvalue weighted by molar-refractivity contribution is 0.0688.